The number of carbonyl (C=O) groups excluding carboxylic acids is 7. The lowest BCUT2D eigenvalue weighted by atomic mass is 10.1. The van der Waals surface area contributed by atoms with Crippen molar-refractivity contribution < 1.29 is 33.6 Å². The third-order valence-corrected chi connectivity index (χ3v) is 5.98. The summed E-state index contributed by atoms with van der Waals surface area (Å²) in [5, 5.41) is 12.1. The van der Waals surface area contributed by atoms with Gasteiger partial charge in [-0.1, -0.05) is 0 Å². The van der Waals surface area contributed by atoms with Gasteiger partial charge in [0.1, 0.15) is 24.2 Å². The number of guanidine groups is 1. The number of carbonyl (C=O) groups is 7. The Morgan fingerprint density at radius 3 is 1.95 bits per heavy atom. The number of amides is 7. The molecule has 1 rings (SSSR count). The van der Waals surface area contributed by atoms with Crippen LogP contribution in [0.3, 0.4) is 0 Å². The molecule has 0 bridgehead atoms. The van der Waals surface area contributed by atoms with E-state index in [0.29, 0.717) is 19.4 Å². The van der Waals surface area contributed by atoms with Crippen molar-refractivity contribution in [3.63, 3.8) is 0 Å². The normalized spacial score (nSPS) is 23.1. The first-order valence-corrected chi connectivity index (χ1v) is 13.1. The van der Waals surface area contributed by atoms with Gasteiger partial charge in [0.15, 0.2) is 5.96 Å². The highest BCUT2D eigenvalue weighted by Gasteiger charge is 2.30. The molecule has 0 radical (unpaired) electrons. The summed E-state index contributed by atoms with van der Waals surface area (Å²) in [6.07, 6.45) is 0.349. The molecule has 1 aliphatic rings. The van der Waals surface area contributed by atoms with Crippen LogP contribution in [0.1, 0.15) is 51.4 Å². The number of primary amides is 2. The molecule has 0 aliphatic carbocycles. The van der Waals surface area contributed by atoms with E-state index in [1.54, 1.807) is 0 Å². The van der Waals surface area contributed by atoms with Gasteiger partial charge >= 0.3 is 0 Å². The second-order valence-electron chi connectivity index (χ2n) is 9.43. The number of hydrogen-bond acceptors (Lipinski definition) is 9. The number of aliphatic imine (C=N–C) groups is 1. The lowest BCUT2D eigenvalue weighted by molar-refractivity contribution is -0.134. The third-order valence-electron chi connectivity index (χ3n) is 5.98. The van der Waals surface area contributed by atoms with Crippen LogP contribution in [0.5, 0.6) is 0 Å². The fourth-order valence-electron chi connectivity index (χ4n) is 3.85. The highest BCUT2D eigenvalue weighted by molar-refractivity contribution is 5.97. The maximum Gasteiger partial charge on any atom is 0.243 e. The van der Waals surface area contributed by atoms with Crippen LogP contribution < -0.4 is 55.3 Å². The minimum absolute atomic E-state index is 0.0408. The molecule has 0 spiro atoms. The summed E-state index contributed by atoms with van der Waals surface area (Å²) >= 11 is 0. The average Bonchev–Trinajstić information content (AvgIpc) is 2.89. The van der Waals surface area contributed by atoms with E-state index >= 15 is 0 Å². The monoisotopic (exact) mass is 583 g/mol. The van der Waals surface area contributed by atoms with Gasteiger partial charge in [0.2, 0.25) is 41.4 Å². The van der Waals surface area contributed by atoms with Crippen molar-refractivity contribution in [2.45, 2.75) is 75.5 Å². The molecule has 4 atom stereocenters. The van der Waals surface area contributed by atoms with E-state index < -0.39 is 78.5 Å². The van der Waals surface area contributed by atoms with E-state index in [4.69, 9.17) is 28.7 Å². The molecule has 1 heterocycles. The zero-order valence-corrected chi connectivity index (χ0v) is 22.8. The average molecular weight is 584 g/mol. The highest BCUT2D eigenvalue weighted by atomic mass is 16.2. The maximum atomic E-state index is 13.0. The molecule has 41 heavy (non-hydrogen) atoms. The molecular formula is C23H41N11O7. The molecule has 18 nitrogen and oxygen atoms in total. The number of nitrogens with one attached hydrogen (secondary N) is 5. The summed E-state index contributed by atoms with van der Waals surface area (Å²) in [6.45, 7) is -0.150. The Kier molecular flexibility index (Phi) is 15.1. The predicted octanol–water partition coefficient (Wildman–Crippen LogP) is -5.62. The Labute approximate surface area is 236 Å². The van der Waals surface area contributed by atoms with Crippen LogP contribution in [-0.4, -0.2) is 91.1 Å². The van der Waals surface area contributed by atoms with Crippen molar-refractivity contribution in [2.75, 3.05) is 19.6 Å². The molecule has 0 unspecified atom stereocenters. The van der Waals surface area contributed by atoms with Gasteiger partial charge in [-0.05, 0) is 45.1 Å². The first-order valence-electron chi connectivity index (χ1n) is 13.1. The molecular weight excluding hydrogens is 542 g/mol. The fraction of sp³-hybridized carbons (Fsp3) is 0.652. The van der Waals surface area contributed by atoms with Crippen LogP contribution in [0, 0.1) is 0 Å². The number of nitrogens with zero attached hydrogens (tertiary/aromatic N) is 1. The van der Waals surface area contributed by atoms with E-state index in [0.717, 1.165) is 0 Å². The van der Waals surface area contributed by atoms with Gasteiger partial charge in [-0.2, -0.15) is 0 Å². The number of unbranched alkanes of at least 4 members (excludes halogenated alkanes) is 1. The summed E-state index contributed by atoms with van der Waals surface area (Å²) in [6, 6.07) is -5.03. The molecule has 0 aromatic carbocycles. The molecule has 1 saturated heterocycles. The fourth-order valence-corrected chi connectivity index (χ4v) is 3.85. The Balaban J connectivity index is 3.26. The first kappa shape index (κ1) is 34.5. The molecule has 230 valence electrons. The molecule has 7 amide bonds. The van der Waals surface area contributed by atoms with Crippen molar-refractivity contribution in [1.82, 2.24) is 26.6 Å². The summed E-state index contributed by atoms with van der Waals surface area (Å²) in [4.78, 5) is 91.5. The SMILES string of the molecule is NCCCC[C@@H]1NC(=O)CC[C@@H](C(N)=O)NC(=O)[C@H](CCCN=C(N)N)NC(=O)CNC(=O)[C@H](CC(N)=O)NC1=O. The van der Waals surface area contributed by atoms with Crippen LogP contribution in [0.15, 0.2) is 4.99 Å². The van der Waals surface area contributed by atoms with Gasteiger partial charge in [0.05, 0.1) is 13.0 Å². The van der Waals surface area contributed by atoms with E-state index in [1.807, 2.05) is 0 Å². The summed E-state index contributed by atoms with van der Waals surface area (Å²) in [5.41, 5.74) is 26.8. The smallest absolute Gasteiger partial charge is 0.243 e. The van der Waals surface area contributed by atoms with E-state index in [2.05, 4.69) is 31.6 Å². The quantitative estimate of drug-likeness (QED) is 0.0624. The van der Waals surface area contributed by atoms with E-state index in [1.165, 1.54) is 0 Å². The van der Waals surface area contributed by atoms with Gasteiger partial charge in [0.25, 0.3) is 0 Å². The second kappa shape index (κ2) is 18.0. The largest absolute Gasteiger partial charge is 0.370 e. The summed E-state index contributed by atoms with van der Waals surface area (Å²) in [7, 11) is 0. The van der Waals surface area contributed by atoms with Crippen LogP contribution >= 0.6 is 0 Å². The van der Waals surface area contributed by atoms with Crippen LogP contribution in [-0.2, 0) is 33.6 Å². The Bertz CT molecular complexity index is 1000. The topological polar surface area (TPSA) is 322 Å². The van der Waals surface area contributed by atoms with Crippen molar-refractivity contribution >= 4 is 47.3 Å². The second-order valence-corrected chi connectivity index (χ2v) is 9.43. The zero-order valence-electron chi connectivity index (χ0n) is 22.8. The summed E-state index contributed by atoms with van der Waals surface area (Å²) < 4.78 is 0. The van der Waals surface area contributed by atoms with Gasteiger partial charge in [-0.3, -0.25) is 38.6 Å². The van der Waals surface area contributed by atoms with Crippen molar-refractivity contribution in [2.24, 2.45) is 33.7 Å². The molecule has 0 aromatic heterocycles. The van der Waals surface area contributed by atoms with Crippen molar-refractivity contribution in [3.8, 4) is 0 Å². The summed E-state index contributed by atoms with van der Waals surface area (Å²) in [5.74, 6) is -5.86. The molecule has 1 aliphatic heterocycles. The Morgan fingerprint density at radius 2 is 1.37 bits per heavy atom. The standard InChI is InChI=1S/C23H41N11O7/c24-8-2-1-4-13-22(41)34-15(10-16(25)35)20(39)30-11-18(37)32-14(5-3-9-29-23(27)28)21(40)33-12(19(26)38)6-7-17(36)31-13/h12-15H,1-11,24H2,(H2,25,35)(H2,26,38)(H,30,39)(H,31,36)(H,32,37)(H,33,40)(H,34,41)(H4,27,28,29)/t12-,13-,14-,15-/m0/s1. The van der Waals surface area contributed by atoms with Crippen LogP contribution in [0.2, 0.25) is 0 Å². The van der Waals surface area contributed by atoms with Gasteiger partial charge < -0.3 is 55.3 Å². The van der Waals surface area contributed by atoms with Gasteiger partial charge in [-0.25, -0.2) is 0 Å². The highest BCUT2D eigenvalue weighted by Crippen LogP contribution is 2.07. The van der Waals surface area contributed by atoms with E-state index in [9.17, 15) is 33.6 Å². The molecule has 15 N–H and O–H groups in total. The number of rotatable bonds is 11. The predicted molar refractivity (Wildman–Crippen MR) is 146 cm³/mol. The molecule has 0 saturated carbocycles. The minimum Gasteiger partial charge on any atom is -0.370 e. The number of nitrogens with two attached hydrogens (primary N) is 5. The molecule has 18 heteroatoms. The van der Waals surface area contributed by atoms with Crippen molar-refractivity contribution in [1.29, 1.82) is 0 Å². The minimum atomic E-state index is -1.45. The van der Waals surface area contributed by atoms with Gasteiger partial charge in [0, 0.05) is 13.0 Å². The first-order chi connectivity index (χ1) is 19.3. The lowest BCUT2D eigenvalue weighted by Crippen LogP contribution is -2.56. The molecule has 0 aromatic rings. The number of hydrogen-bond donors (Lipinski definition) is 10. The van der Waals surface area contributed by atoms with Crippen LogP contribution in [0.25, 0.3) is 0 Å². The zero-order chi connectivity index (χ0) is 30.9. The maximum absolute atomic E-state index is 13.0. The van der Waals surface area contributed by atoms with Crippen LogP contribution in [0.4, 0.5) is 0 Å². The molecule has 1 fully saturated rings. The Morgan fingerprint density at radius 1 is 0.756 bits per heavy atom. The van der Waals surface area contributed by atoms with E-state index in [-0.39, 0.29) is 44.6 Å². The van der Waals surface area contributed by atoms with Gasteiger partial charge in [-0.15, -0.1) is 0 Å². The Hall–Kier alpha value is -4.48. The lowest BCUT2D eigenvalue weighted by Gasteiger charge is -2.23. The third kappa shape index (κ3) is 13.9. The van der Waals surface area contributed by atoms with Crippen molar-refractivity contribution in [3.05, 3.63) is 0 Å².